The van der Waals surface area contributed by atoms with Gasteiger partial charge in [-0.25, -0.2) is 4.79 Å². The van der Waals surface area contributed by atoms with E-state index in [2.05, 4.69) is 20.9 Å². The van der Waals surface area contributed by atoms with E-state index in [-0.39, 0.29) is 5.97 Å². The van der Waals surface area contributed by atoms with E-state index in [1.807, 2.05) is 18.2 Å². The lowest BCUT2D eigenvalue weighted by molar-refractivity contribution is 0.0602. The van der Waals surface area contributed by atoms with Crippen LogP contribution in [0.5, 0.6) is 0 Å². The van der Waals surface area contributed by atoms with Crippen molar-refractivity contribution in [2.75, 3.05) is 7.11 Å². The fraction of sp³-hybridized carbons (Fsp3) is 0.0909. The van der Waals surface area contributed by atoms with Crippen molar-refractivity contribution in [3.8, 4) is 0 Å². The number of hydrogen-bond acceptors (Lipinski definition) is 3. The summed E-state index contributed by atoms with van der Waals surface area (Å²) >= 11 is 3.35. The lowest BCUT2D eigenvalue weighted by atomic mass is 10.1. The SMILES string of the molecule is COC(=O)c1cc(Br)cc2cccnc12. The summed E-state index contributed by atoms with van der Waals surface area (Å²) < 4.78 is 5.54. The molecular weight excluding hydrogens is 258 g/mol. The summed E-state index contributed by atoms with van der Waals surface area (Å²) in [5.74, 6) is -0.375. The number of esters is 1. The number of halogens is 1. The molecule has 76 valence electrons. The van der Waals surface area contributed by atoms with Gasteiger partial charge in [-0.1, -0.05) is 22.0 Å². The average Bonchev–Trinajstić information content (AvgIpc) is 2.26. The molecule has 1 heterocycles. The van der Waals surface area contributed by atoms with Crippen molar-refractivity contribution >= 4 is 32.8 Å². The first-order chi connectivity index (χ1) is 7.22. The highest BCUT2D eigenvalue weighted by Crippen LogP contribution is 2.22. The molecule has 0 aliphatic rings. The van der Waals surface area contributed by atoms with E-state index in [0.717, 1.165) is 9.86 Å². The molecule has 2 aromatic rings. The minimum atomic E-state index is -0.375. The van der Waals surface area contributed by atoms with E-state index in [4.69, 9.17) is 4.74 Å². The summed E-state index contributed by atoms with van der Waals surface area (Å²) in [6, 6.07) is 7.35. The zero-order valence-corrected chi connectivity index (χ0v) is 9.61. The number of hydrogen-bond donors (Lipinski definition) is 0. The largest absolute Gasteiger partial charge is 0.465 e. The van der Waals surface area contributed by atoms with Gasteiger partial charge in [0.15, 0.2) is 0 Å². The molecule has 0 N–H and O–H groups in total. The number of carbonyl (C=O) groups is 1. The summed E-state index contributed by atoms with van der Waals surface area (Å²) in [5, 5.41) is 0.910. The third-order valence-corrected chi connectivity index (χ3v) is 2.53. The Labute approximate surface area is 95.2 Å². The van der Waals surface area contributed by atoms with Gasteiger partial charge >= 0.3 is 5.97 Å². The van der Waals surface area contributed by atoms with Gasteiger partial charge < -0.3 is 4.74 Å². The summed E-state index contributed by atoms with van der Waals surface area (Å²) in [5.41, 5.74) is 1.13. The third kappa shape index (κ3) is 1.85. The van der Waals surface area contributed by atoms with Gasteiger partial charge in [0, 0.05) is 16.1 Å². The number of pyridine rings is 1. The maximum Gasteiger partial charge on any atom is 0.340 e. The minimum Gasteiger partial charge on any atom is -0.465 e. The molecule has 15 heavy (non-hydrogen) atoms. The number of carbonyl (C=O) groups excluding carboxylic acids is 1. The van der Waals surface area contributed by atoms with Crippen molar-refractivity contribution in [1.82, 2.24) is 4.98 Å². The molecule has 0 bridgehead atoms. The highest BCUT2D eigenvalue weighted by molar-refractivity contribution is 9.10. The Morgan fingerprint density at radius 2 is 2.27 bits per heavy atom. The topological polar surface area (TPSA) is 39.2 Å². The van der Waals surface area contributed by atoms with E-state index in [0.29, 0.717) is 11.1 Å². The Bertz CT molecular complexity index is 525. The third-order valence-electron chi connectivity index (χ3n) is 2.07. The maximum atomic E-state index is 11.5. The van der Waals surface area contributed by atoms with Crippen molar-refractivity contribution < 1.29 is 9.53 Å². The highest BCUT2D eigenvalue weighted by atomic mass is 79.9. The van der Waals surface area contributed by atoms with Crippen molar-refractivity contribution in [3.63, 3.8) is 0 Å². The van der Waals surface area contributed by atoms with Crippen molar-refractivity contribution in [3.05, 3.63) is 40.5 Å². The second-order valence-corrected chi connectivity index (χ2v) is 3.94. The molecule has 0 spiro atoms. The first-order valence-electron chi connectivity index (χ1n) is 4.35. The first-order valence-corrected chi connectivity index (χ1v) is 5.14. The molecular formula is C11H8BrNO2. The second-order valence-electron chi connectivity index (χ2n) is 3.02. The summed E-state index contributed by atoms with van der Waals surface area (Å²) in [6.07, 6.45) is 1.66. The lowest BCUT2D eigenvalue weighted by Crippen LogP contribution is -2.03. The van der Waals surface area contributed by atoms with Gasteiger partial charge in [0.2, 0.25) is 0 Å². The molecule has 0 radical (unpaired) electrons. The van der Waals surface area contributed by atoms with Crippen LogP contribution >= 0.6 is 15.9 Å². The van der Waals surface area contributed by atoms with Crippen molar-refractivity contribution in [2.45, 2.75) is 0 Å². The standard InChI is InChI=1S/C11H8BrNO2/c1-15-11(14)9-6-8(12)5-7-3-2-4-13-10(7)9/h2-6H,1H3. The molecule has 1 aromatic carbocycles. The normalized spacial score (nSPS) is 10.3. The summed E-state index contributed by atoms with van der Waals surface area (Å²) in [6.45, 7) is 0. The maximum absolute atomic E-state index is 11.5. The van der Waals surface area contributed by atoms with Crippen molar-refractivity contribution in [1.29, 1.82) is 0 Å². The number of rotatable bonds is 1. The van der Waals surface area contributed by atoms with Crippen LogP contribution in [0.25, 0.3) is 10.9 Å². The van der Waals surface area contributed by atoms with Crippen molar-refractivity contribution in [2.24, 2.45) is 0 Å². The first kappa shape index (κ1) is 10.1. The molecule has 4 heteroatoms. The van der Waals surface area contributed by atoms with E-state index >= 15 is 0 Å². The van der Waals surface area contributed by atoms with Crippen LogP contribution in [0.4, 0.5) is 0 Å². The van der Waals surface area contributed by atoms with Gasteiger partial charge in [-0.15, -0.1) is 0 Å². The molecule has 1 aromatic heterocycles. The number of ether oxygens (including phenoxy) is 1. The van der Waals surface area contributed by atoms with Gasteiger partial charge in [0.05, 0.1) is 18.2 Å². The van der Waals surface area contributed by atoms with Gasteiger partial charge in [-0.3, -0.25) is 4.98 Å². The van der Waals surface area contributed by atoms with Gasteiger partial charge in [-0.05, 0) is 18.2 Å². The lowest BCUT2D eigenvalue weighted by Gasteiger charge is -2.04. The van der Waals surface area contributed by atoms with Crippen LogP contribution in [0.1, 0.15) is 10.4 Å². The van der Waals surface area contributed by atoms with Gasteiger partial charge in [-0.2, -0.15) is 0 Å². The minimum absolute atomic E-state index is 0.375. The number of aromatic nitrogens is 1. The van der Waals surface area contributed by atoms with E-state index in [1.54, 1.807) is 12.3 Å². The van der Waals surface area contributed by atoms with E-state index in [9.17, 15) is 4.79 Å². The number of methoxy groups -OCH3 is 1. The summed E-state index contributed by atoms with van der Waals surface area (Å²) in [7, 11) is 1.36. The Balaban J connectivity index is 2.76. The Morgan fingerprint density at radius 1 is 1.47 bits per heavy atom. The van der Waals surface area contributed by atoms with Crippen LogP contribution < -0.4 is 0 Å². The second kappa shape index (κ2) is 3.98. The molecule has 0 atom stereocenters. The van der Waals surface area contributed by atoms with Gasteiger partial charge in [0.1, 0.15) is 0 Å². The quantitative estimate of drug-likeness (QED) is 0.745. The Morgan fingerprint density at radius 3 is 3.00 bits per heavy atom. The molecule has 0 saturated heterocycles. The van der Waals surface area contributed by atoms with Crippen LogP contribution in [0.2, 0.25) is 0 Å². The predicted molar refractivity (Wildman–Crippen MR) is 60.8 cm³/mol. The average molecular weight is 266 g/mol. The van der Waals surface area contributed by atoms with Crippen LogP contribution in [0.15, 0.2) is 34.9 Å². The van der Waals surface area contributed by atoms with E-state index in [1.165, 1.54) is 7.11 Å². The van der Waals surface area contributed by atoms with Gasteiger partial charge in [0.25, 0.3) is 0 Å². The molecule has 0 saturated carbocycles. The van der Waals surface area contributed by atoms with Crippen LogP contribution in [0, 0.1) is 0 Å². The molecule has 0 fully saturated rings. The van der Waals surface area contributed by atoms with Crippen LogP contribution in [-0.4, -0.2) is 18.1 Å². The molecule has 2 rings (SSSR count). The predicted octanol–water partition coefficient (Wildman–Crippen LogP) is 2.78. The smallest absolute Gasteiger partial charge is 0.340 e. The summed E-state index contributed by atoms with van der Waals surface area (Å²) in [4.78, 5) is 15.7. The fourth-order valence-corrected chi connectivity index (χ4v) is 1.90. The Kier molecular flexibility index (Phi) is 2.68. The van der Waals surface area contributed by atoms with E-state index < -0.39 is 0 Å². The number of benzene rings is 1. The monoisotopic (exact) mass is 265 g/mol. The Hall–Kier alpha value is -1.42. The molecule has 0 aliphatic heterocycles. The zero-order chi connectivity index (χ0) is 10.8. The fourth-order valence-electron chi connectivity index (χ4n) is 1.42. The molecule has 3 nitrogen and oxygen atoms in total. The molecule has 0 aliphatic carbocycles. The molecule has 0 unspecified atom stereocenters. The highest BCUT2D eigenvalue weighted by Gasteiger charge is 2.11. The zero-order valence-electron chi connectivity index (χ0n) is 8.03. The van der Waals surface area contributed by atoms with Crippen LogP contribution in [0.3, 0.4) is 0 Å². The number of nitrogens with zero attached hydrogens (tertiary/aromatic N) is 1. The number of fused-ring (bicyclic) bond motifs is 1. The van der Waals surface area contributed by atoms with Crippen LogP contribution in [-0.2, 0) is 4.74 Å². The molecule has 0 amide bonds.